The minimum atomic E-state index is -1.20. The molecule has 0 bridgehead atoms. The molecule has 0 unspecified atom stereocenters. The smallest absolute Gasteiger partial charge is 0.326 e. The number of carbonyl (C=O) groups is 4. The fraction of sp³-hybridized carbons (Fsp3) is 0.474. The topological polar surface area (TPSA) is 145 Å². The number of hydrogen-bond acceptors (Lipinski definition) is 4. The van der Waals surface area contributed by atoms with Crippen molar-refractivity contribution in [1.82, 2.24) is 16.0 Å². The van der Waals surface area contributed by atoms with Crippen molar-refractivity contribution in [2.24, 2.45) is 0 Å². The molecule has 0 aliphatic carbocycles. The molecule has 1 rings (SSSR count). The number of halogens is 1. The number of nitrogens with one attached hydrogen (secondary N) is 3. The van der Waals surface area contributed by atoms with E-state index in [9.17, 15) is 24.3 Å². The third kappa shape index (κ3) is 9.59. The molecule has 0 aliphatic rings. The van der Waals surface area contributed by atoms with Crippen LogP contribution in [0.25, 0.3) is 0 Å². The van der Waals surface area contributed by atoms with E-state index in [2.05, 4.69) is 38.5 Å². The zero-order valence-electron chi connectivity index (χ0n) is 16.1. The normalized spacial score (nSPS) is 12.5. The summed E-state index contributed by atoms with van der Waals surface area (Å²) in [5.41, 5.74) is 0.548. The number of carboxylic acid groups (broad SMARTS) is 2. The lowest BCUT2D eigenvalue weighted by Gasteiger charge is -2.18. The molecular formula is C19H26IN3O6. The lowest BCUT2D eigenvalue weighted by atomic mass is 10.1. The number of amides is 3. The second-order valence-electron chi connectivity index (χ2n) is 6.45. The average molecular weight is 519 g/mol. The highest BCUT2D eigenvalue weighted by atomic mass is 127. The summed E-state index contributed by atoms with van der Waals surface area (Å²) in [5.74, 6) is -2.58. The van der Waals surface area contributed by atoms with Crippen LogP contribution in [0.5, 0.6) is 0 Å². The Hall–Kier alpha value is -2.37. The fourth-order valence-corrected chi connectivity index (χ4v) is 2.90. The van der Waals surface area contributed by atoms with Gasteiger partial charge in [-0.05, 0) is 72.5 Å². The third-order valence-corrected chi connectivity index (χ3v) is 4.81. The van der Waals surface area contributed by atoms with Crippen molar-refractivity contribution in [1.29, 1.82) is 0 Å². The number of rotatable bonds is 12. The molecular weight excluding hydrogens is 493 g/mol. The zero-order chi connectivity index (χ0) is 21.8. The Balaban J connectivity index is 2.37. The fourth-order valence-electron chi connectivity index (χ4n) is 2.54. The number of unbranched alkanes of at least 4 members (excludes halogenated alkanes) is 1. The van der Waals surface area contributed by atoms with E-state index in [0.29, 0.717) is 31.4 Å². The lowest BCUT2D eigenvalue weighted by Crippen LogP contribution is -2.51. The first-order valence-electron chi connectivity index (χ1n) is 9.31. The Kier molecular flexibility index (Phi) is 11.0. The minimum Gasteiger partial charge on any atom is -0.480 e. The molecule has 1 aromatic carbocycles. The van der Waals surface area contributed by atoms with Crippen LogP contribution in [0.15, 0.2) is 24.3 Å². The molecule has 0 saturated heterocycles. The van der Waals surface area contributed by atoms with Gasteiger partial charge in [0.05, 0.1) is 0 Å². The molecule has 10 heteroatoms. The van der Waals surface area contributed by atoms with Crippen molar-refractivity contribution in [3.05, 3.63) is 33.4 Å². The molecule has 0 aromatic heterocycles. The van der Waals surface area contributed by atoms with E-state index in [4.69, 9.17) is 5.11 Å². The molecule has 1 aromatic rings. The van der Waals surface area contributed by atoms with Crippen molar-refractivity contribution in [2.45, 2.75) is 51.1 Å². The second-order valence-corrected chi connectivity index (χ2v) is 7.69. The number of carbonyl (C=O) groups excluding carboxylic acids is 2. The van der Waals surface area contributed by atoms with E-state index < -0.39 is 30.1 Å². The molecule has 0 heterocycles. The standard InChI is InChI=1S/C19H26IN3O6/c1-2-5-14(17(25)26)22-19(29)23-15(18(27)28)6-3-4-11-21-16(24)12-7-9-13(20)10-8-12/h7-10,14-15H,2-6,11H2,1H3,(H,21,24)(H,25,26)(H,27,28)(H2,22,23,29)/t14-,15-/m0/s1. The van der Waals surface area contributed by atoms with Gasteiger partial charge in [-0.1, -0.05) is 13.3 Å². The highest BCUT2D eigenvalue weighted by Gasteiger charge is 2.23. The summed E-state index contributed by atoms with van der Waals surface area (Å²) in [7, 11) is 0. The van der Waals surface area contributed by atoms with Crippen LogP contribution >= 0.6 is 22.6 Å². The van der Waals surface area contributed by atoms with Crippen molar-refractivity contribution >= 4 is 46.5 Å². The summed E-state index contributed by atoms with van der Waals surface area (Å²) in [5, 5.41) is 25.6. The van der Waals surface area contributed by atoms with Gasteiger partial charge < -0.3 is 26.2 Å². The maximum Gasteiger partial charge on any atom is 0.326 e. The molecule has 2 atom stereocenters. The van der Waals surface area contributed by atoms with E-state index in [0.717, 1.165) is 3.57 Å². The van der Waals surface area contributed by atoms with Gasteiger partial charge in [-0.2, -0.15) is 0 Å². The van der Waals surface area contributed by atoms with Crippen LogP contribution in [-0.4, -0.2) is 52.7 Å². The Morgan fingerprint density at radius 3 is 2.00 bits per heavy atom. The van der Waals surface area contributed by atoms with Gasteiger partial charge in [0.1, 0.15) is 12.1 Å². The Labute approximate surface area is 182 Å². The van der Waals surface area contributed by atoms with Crippen LogP contribution in [-0.2, 0) is 9.59 Å². The van der Waals surface area contributed by atoms with Crippen molar-refractivity contribution in [3.8, 4) is 0 Å². The molecule has 3 amide bonds. The van der Waals surface area contributed by atoms with Crippen LogP contribution in [0.3, 0.4) is 0 Å². The number of urea groups is 1. The number of benzene rings is 1. The summed E-state index contributed by atoms with van der Waals surface area (Å²) >= 11 is 2.15. The SMILES string of the molecule is CCC[C@H](NC(=O)N[C@@H](CCCCNC(=O)c1ccc(I)cc1)C(=O)O)C(=O)O. The quantitative estimate of drug-likeness (QED) is 0.212. The van der Waals surface area contributed by atoms with E-state index in [-0.39, 0.29) is 18.7 Å². The van der Waals surface area contributed by atoms with E-state index in [1.54, 1.807) is 19.1 Å². The largest absolute Gasteiger partial charge is 0.480 e. The number of aliphatic carboxylic acids is 2. The molecule has 0 spiro atoms. The Morgan fingerprint density at radius 2 is 1.48 bits per heavy atom. The summed E-state index contributed by atoms with van der Waals surface area (Å²) in [6.07, 6.45) is 1.97. The first-order chi connectivity index (χ1) is 13.7. The monoisotopic (exact) mass is 519 g/mol. The van der Waals surface area contributed by atoms with Gasteiger partial charge in [0, 0.05) is 15.7 Å². The highest BCUT2D eigenvalue weighted by molar-refractivity contribution is 14.1. The molecule has 0 aliphatic heterocycles. The van der Waals surface area contributed by atoms with Gasteiger partial charge in [-0.3, -0.25) is 4.79 Å². The van der Waals surface area contributed by atoms with Crippen LogP contribution in [0.4, 0.5) is 4.79 Å². The highest BCUT2D eigenvalue weighted by Crippen LogP contribution is 2.07. The zero-order valence-corrected chi connectivity index (χ0v) is 18.3. The summed E-state index contributed by atoms with van der Waals surface area (Å²) < 4.78 is 1.03. The van der Waals surface area contributed by atoms with Crippen LogP contribution in [0, 0.1) is 3.57 Å². The average Bonchev–Trinajstić information content (AvgIpc) is 2.66. The van der Waals surface area contributed by atoms with E-state index in [1.807, 2.05) is 12.1 Å². The first-order valence-corrected chi connectivity index (χ1v) is 10.4. The lowest BCUT2D eigenvalue weighted by molar-refractivity contribution is -0.139. The summed E-state index contributed by atoms with van der Waals surface area (Å²) in [6.45, 7) is 2.16. The van der Waals surface area contributed by atoms with E-state index in [1.165, 1.54) is 0 Å². The van der Waals surface area contributed by atoms with E-state index >= 15 is 0 Å². The number of hydrogen-bond donors (Lipinski definition) is 5. The van der Waals surface area contributed by atoms with Crippen molar-refractivity contribution in [2.75, 3.05) is 6.54 Å². The molecule has 29 heavy (non-hydrogen) atoms. The van der Waals surface area contributed by atoms with Gasteiger partial charge in [0.2, 0.25) is 0 Å². The third-order valence-electron chi connectivity index (χ3n) is 4.10. The predicted octanol–water partition coefficient (Wildman–Crippen LogP) is 2.20. The van der Waals surface area contributed by atoms with Crippen LogP contribution < -0.4 is 16.0 Å². The van der Waals surface area contributed by atoms with Gasteiger partial charge in [0.25, 0.3) is 5.91 Å². The Morgan fingerprint density at radius 1 is 0.931 bits per heavy atom. The predicted molar refractivity (Wildman–Crippen MR) is 115 cm³/mol. The Bertz CT molecular complexity index is 710. The van der Waals surface area contributed by atoms with Crippen LogP contribution in [0.2, 0.25) is 0 Å². The summed E-state index contributed by atoms with van der Waals surface area (Å²) in [6, 6.07) is 4.08. The van der Waals surface area contributed by atoms with Gasteiger partial charge in [0.15, 0.2) is 0 Å². The van der Waals surface area contributed by atoms with Crippen molar-refractivity contribution < 1.29 is 29.4 Å². The van der Waals surface area contributed by atoms with Gasteiger partial charge in [-0.15, -0.1) is 0 Å². The number of carboxylic acids is 2. The molecule has 5 N–H and O–H groups in total. The second kappa shape index (κ2) is 13.0. The maximum atomic E-state index is 12.0. The van der Waals surface area contributed by atoms with Crippen molar-refractivity contribution in [3.63, 3.8) is 0 Å². The molecule has 160 valence electrons. The summed E-state index contributed by atoms with van der Waals surface area (Å²) in [4.78, 5) is 46.3. The van der Waals surface area contributed by atoms with Gasteiger partial charge in [-0.25, -0.2) is 14.4 Å². The molecule has 0 radical (unpaired) electrons. The minimum absolute atomic E-state index is 0.160. The molecule has 0 saturated carbocycles. The maximum absolute atomic E-state index is 12.0. The van der Waals surface area contributed by atoms with Gasteiger partial charge >= 0.3 is 18.0 Å². The molecule has 0 fully saturated rings. The first kappa shape index (κ1) is 24.7. The molecule has 9 nitrogen and oxygen atoms in total. The van der Waals surface area contributed by atoms with Crippen LogP contribution in [0.1, 0.15) is 49.4 Å².